The van der Waals surface area contributed by atoms with Crippen molar-refractivity contribution < 1.29 is 0 Å². The average molecular weight is 369 g/mol. The fourth-order valence-corrected chi connectivity index (χ4v) is 4.15. The first kappa shape index (κ1) is 16.1. The number of likely N-dealkylation sites (tertiary alicyclic amines) is 1. The molecule has 1 aliphatic carbocycles. The van der Waals surface area contributed by atoms with Crippen molar-refractivity contribution in [2.24, 2.45) is 7.05 Å². The Balaban J connectivity index is 1.28. The van der Waals surface area contributed by atoms with E-state index in [0.29, 0.717) is 11.8 Å². The minimum Gasteiger partial charge on any atom is -0.307 e. The summed E-state index contributed by atoms with van der Waals surface area (Å²) in [6.45, 7) is 2.85. The lowest BCUT2D eigenvalue weighted by molar-refractivity contribution is 0.157. The second kappa shape index (κ2) is 6.28. The summed E-state index contributed by atoms with van der Waals surface area (Å²) in [5, 5.41) is 13.5. The number of hydrogen-bond acceptors (Lipinski definition) is 5. The van der Waals surface area contributed by atoms with Crippen LogP contribution < -0.4 is 0 Å². The van der Waals surface area contributed by atoms with Crippen LogP contribution in [0.1, 0.15) is 49.2 Å². The third kappa shape index (κ3) is 2.77. The van der Waals surface area contributed by atoms with Crippen LogP contribution in [0.25, 0.3) is 5.65 Å². The molecule has 0 spiro atoms. The zero-order valence-electron chi connectivity index (χ0n) is 15.0. The molecule has 26 heavy (non-hydrogen) atoms. The molecule has 1 saturated heterocycles. The van der Waals surface area contributed by atoms with E-state index in [1.54, 1.807) is 0 Å². The van der Waals surface area contributed by atoms with Gasteiger partial charge in [-0.25, -0.2) is 4.68 Å². The van der Waals surface area contributed by atoms with Crippen molar-refractivity contribution in [1.82, 2.24) is 33.8 Å². The Morgan fingerprint density at radius 3 is 2.58 bits per heavy atom. The van der Waals surface area contributed by atoms with E-state index in [2.05, 4.69) is 30.3 Å². The number of hydrogen-bond donors (Lipinski definition) is 0. The van der Waals surface area contributed by atoms with Gasteiger partial charge in [-0.2, -0.15) is 5.10 Å². The highest BCUT2D eigenvalue weighted by molar-refractivity contribution is 7.71. The molecule has 8 heteroatoms. The zero-order chi connectivity index (χ0) is 17.7. The molecule has 4 heterocycles. The van der Waals surface area contributed by atoms with E-state index in [0.717, 1.165) is 54.7 Å². The zero-order valence-corrected chi connectivity index (χ0v) is 15.8. The highest BCUT2D eigenvalue weighted by Gasteiger charge is 2.30. The summed E-state index contributed by atoms with van der Waals surface area (Å²) in [6.07, 6.45) is 6.73. The maximum atomic E-state index is 5.59. The third-order valence-corrected chi connectivity index (χ3v) is 6.13. The molecule has 0 N–H and O–H groups in total. The minimum atomic E-state index is 0.461. The first-order valence-electron chi connectivity index (χ1n) is 9.36. The lowest BCUT2D eigenvalue weighted by Gasteiger charge is -2.30. The Kier molecular flexibility index (Phi) is 3.90. The number of piperidine rings is 1. The van der Waals surface area contributed by atoms with Crippen LogP contribution in [0.3, 0.4) is 0 Å². The van der Waals surface area contributed by atoms with E-state index in [-0.39, 0.29) is 0 Å². The fourth-order valence-electron chi connectivity index (χ4n) is 3.95. The van der Waals surface area contributed by atoms with Gasteiger partial charge in [0.25, 0.3) is 0 Å². The number of nitrogens with zero attached hydrogens (tertiary/aromatic N) is 7. The fraction of sp³-hybridized carbons (Fsp3) is 0.556. The quantitative estimate of drug-likeness (QED) is 0.662. The van der Waals surface area contributed by atoms with Crippen LogP contribution in [-0.4, -0.2) is 46.9 Å². The SMILES string of the molecule is Cn1c(C2CC2)nn(CN2CCC(c3nnc4ccccn34)CC2)c1=S. The average Bonchev–Trinajstić information content (AvgIpc) is 3.36. The maximum absolute atomic E-state index is 5.59. The van der Waals surface area contributed by atoms with Crippen molar-refractivity contribution in [2.45, 2.75) is 44.2 Å². The van der Waals surface area contributed by atoms with Crippen molar-refractivity contribution in [3.8, 4) is 0 Å². The molecule has 5 rings (SSSR count). The molecular formula is C18H23N7S. The van der Waals surface area contributed by atoms with Gasteiger partial charge in [0, 0.05) is 38.2 Å². The molecule has 136 valence electrons. The standard InChI is InChI=1S/C18H23N7S/c1-22-17(13-5-6-13)21-25(18(22)26)12-23-10-7-14(8-11-23)16-20-19-15-4-2-3-9-24(15)16/h2-4,9,13-14H,5-8,10-12H2,1H3. The number of fused-ring (bicyclic) bond motifs is 1. The highest BCUT2D eigenvalue weighted by atomic mass is 32.1. The lowest BCUT2D eigenvalue weighted by atomic mass is 9.96. The predicted molar refractivity (Wildman–Crippen MR) is 101 cm³/mol. The molecule has 0 bridgehead atoms. The van der Waals surface area contributed by atoms with E-state index >= 15 is 0 Å². The van der Waals surface area contributed by atoms with Gasteiger partial charge < -0.3 is 4.57 Å². The molecule has 2 aliphatic rings. The summed E-state index contributed by atoms with van der Waals surface area (Å²) in [5.41, 5.74) is 0.928. The first-order chi connectivity index (χ1) is 12.7. The molecular weight excluding hydrogens is 346 g/mol. The number of rotatable bonds is 4. The van der Waals surface area contributed by atoms with Gasteiger partial charge in [0.2, 0.25) is 0 Å². The van der Waals surface area contributed by atoms with Crippen molar-refractivity contribution in [3.63, 3.8) is 0 Å². The van der Waals surface area contributed by atoms with Crippen molar-refractivity contribution in [3.05, 3.63) is 40.8 Å². The van der Waals surface area contributed by atoms with Crippen LogP contribution in [0.15, 0.2) is 24.4 Å². The van der Waals surface area contributed by atoms with Gasteiger partial charge in [-0.1, -0.05) is 6.07 Å². The summed E-state index contributed by atoms with van der Waals surface area (Å²) in [5.74, 6) is 3.32. The van der Waals surface area contributed by atoms with Crippen LogP contribution in [0, 0.1) is 4.77 Å². The smallest absolute Gasteiger partial charge is 0.198 e. The first-order valence-corrected chi connectivity index (χ1v) is 9.77. The molecule has 0 radical (unpaired) electrons. The molecule has 2 fully saturated rings. The molecule has 0 amide bonds. The molecule has 7 nitrogen and oxygen atoms in total. The second-order valence-electron chi connectivity index (χ2n) is 7.49. The topological polar surface area (TPSA) is 56.2 Å². The monoisotopic (exact) mass is 369 g/mol. The van der Waals surface area contributed by atoms with Gasteiger partial charge in [-0.05, 0) is 50.0 Å². The Hall–Kier alpha value is -2.06. The highest BCUT2D eigenvalue weighted by Crippen LogP contribution is 2.38. The molecule has 1 aliphatic heterocycles. The largest absolute Gasteiger partial charge is 0.307 e. The molecule has 0 aromatic carbocycles. The van der Waals surface area contributed by atoms with Crippen molar-refractivity contribution in [2.75, 3.05) is 13.1 Å². The minimum absolute atomic E-state index is 0.461. The third-order valence-electron chi connectivity index (χ3n) is 5.64. The summed E-state index contributed by atoms with van der Waals surface area (Å²) in [6, 6.07) is 6.05. The van der Waals surface area contributed by atoms with Crippen LogP contribution in [0.5, 0.6) is 0 Å². The van der Waals surface area contributed by atoms with Crippen LogP contribution >= 0.6 is 12.2 Å². The summed E-state index contributed by atoms with van der Waals surface area (Å²) >= 11 is 5.59. The number of pyridine rings is 1. The van der Waals surface area contributed by atoms with Gasteiger partial charge in [-0.3, -0.25) is 9.30 Å². The lowest BCUT2D eigenvalue weighted by Crippen LogP contribution is -2.35. The van der Waals surface area contributed by atoms with E-state index in [1.807, 2.05) is 29.9 Å². The Morgan fingerprint density at radius 1 is 1.04 bits per heavy atom. The van der Waals surface area contributed by atoms with E-state index in [1.165, 1.54) is 12.8 Å². The molecule has 0 unspecified atom stereocenters. The van der Waals surface area contributed by atoms with Crippen LogP contribution in [-0.2, 0) is 13.7 Å². The maximum Gasteiger partial charge on any atom is 0.198 e. The number of aromatic nitrogens is 6. The molecule has 3 aromatic rings. The van der Waals surface area contributed by atoms with Crippen LogP contribution in [0.2, 0.25) is 0 Å². The Bertz CT molecular complexity index is 989. The normalized spacial score (nSPS) is 19.4. The Morgan fingerprint density at radius 2 is 1.81 bits per heavy atom. The molecule has 1 saturated carbocycles. The van der Waals surface area contributed by atoms with Gasteiger partial charge in [0.1, 0.15) is 11.6 Å². The summed E-state index contributed by atoms with van der Waals surface area (Å²) < 4.78 is 7.03. The Labute approximate surface area is 157 Å². The van der Waals surface area contributed by atoms with Gasteiger partial charge >= 0.3 is 0 Å². The van der Waals surface area contributed by atoms with Crippen molar-refractivity contribution in [1.29, 1.82) is 0 Å². The molecule has 3 aromatic heterocycles. The van der Waals surface area contributed by atoms with Gasteiger partial charge in [0.05, 0.1) is 6.67 Å². The van der Waals surface area contributed by atoms with E-state index < -0.39 is 0 Å². The summed E-state index contributed by atoms with van der Waals surface area (Å²) in [7, 11) is 2.04. The van der Waals surface area contributed by atoms with Gasteiger partial charge in [-0.15, -0.1) is 10.2 Å². The van der Waals surface area contributed by atoms with Gasteiger partial charge in [0.15, 0.2) is 10.4 Å². The molecule has 0 atom stereocenters. The van der Waals surface area contributed by atoms with Crippen LogP contribution in [0.4, 0.5) is 0 Å². The van der Waals surface area contributed by atoms with Crippen molar-refractivity contribution >= 4 is 17.9 Å². The summed E-state index contributed by atoms with van der Waals surface area (Å²) in [4.78, 5) is 2.44. The van der Waals surface area contributed by atoms with E-state index in [9.17, 15) is 0 Å². The predicted octanol–water partition coefficient (Wildman–Crippen LogP) is 2.71. The van der Waals surface area contributed by atoms with E-state index in [4.69, 9.17) is 17.3 Å². The second-order valence-corrected chi connectivity index (χ2v) is 7.86.